The highest BCUT2D eigenvalue weighted by molar-refractivity contribution is 7.20. The Bertz CT molecular complexity index is 811. The average molecular weight is 340 g/mol. The number of benzene rings is 1. The Morgan fingerprint density at radius 1 is 1.12 bits per heavy atom. The number of fused-ring (bicyclic) bond motifs is 1. The molecule has 1 fully saturated rings. The number of para-hydroxylation sites is 1. The van der Waals surface area contributed by atoms with E-state index in [9.17, 15) is 4.79 Å². The summed E-state index contributed by atoms with van der Waals surface area (Å²) in [6.07, 6.45) is 4.92. The summed E-state index contributed by atoms with van der Waals surface area (Å²) in [5.41, 5.74) is 0.880. The Morgan fingerprint density at radius 2 is 1.88 bits per heavy atom. The van der Waals surface area contributed by atoms with Gasteiger partial charge in [-0.3, -0.25) is 4.79 Å². The van der Waals surface area contributed by atoms with Gasteiger partial charge in [-0.1, -0.05) is 12.1 Å². The first kappa shape index (κ1) is 15.0. The van der Waals surface area contributed by atoms with Gasteiger partial charge in [-0.15, -0.1) is 11.3 Å². The molecule has 1 aromatic carbocycles. The Hall–Kier alpha value is -2.54. The highest BCUT2D eigenvalue weighted by Gasteiger charge is 2.26. The molecule has 3 aromatic rings. The van der Waals surface area contributed by atoms with Crippen LogP contribution in [-0.2, 0) is 0 Å². The second-order valence-corrected chi connectivity index (χ2v) is 6.66. The van der Waals surface area contributed by atoms with Crippen LogP contribution in [-0.4, -0.2) is 45.0 Å². The van der Waals surface area contributed by atoms with Gasteiger partial charge in [-0.2, -0.15) is 0 Å². The second-order valence-electron chi connectivity index (χ2n) is 5.63. The summed E-state index contributed by atoms with van der Waals surface area (Å²) in [7, 11) is 0. The number of rotatable bonds is 3. The summed E-state index contributed by atoms with van der Waals surface area (Å²) in [5.74, 6) is 0.00520. The summed E-state index contributed by atoms with van der Waals surface area (Å²) in [5, 5.41) is 0.557. The van der Waals surface area contributed by atoms with Crippen molar-refractivity contribution in [3.8, 4) is 6.01 Å². The van der Waals surface area contributed by atoms with Crippen LogP contribution in [0.3, 0.4) is 0 Å². The number of thiazole rings is 1. The van der Waals surface area contributed by atoms with Gasteiger partial charge in [0.2, 0.25) is 0 Å². The lowest BCUT2D eigenvalue weighted by Crippen LogP contribution is -2.41. The van der Waals surface area contributed by atoms with Crippen LogP contribution in [0.15, 0.2) is 42.7 Å². The molecule has 6 nitrogen and oxygen atoms in total. The number of hydrogen-bond acceptors (Lipinski definition) is 6. The van der Waals surface area contributed by atoms with Gasteiger partial charge in [-0.05, 0) is 18.2 Å². The molecule has 0 aliphatic carbocycles. The fourth-order valence-electron chi connectivity index (χ4n) is 2.77. The number of aromatic nitrogens is 3. The molecule has 0 radical (unpaired) electrons. The summed E-state index contributed by atoms with van der Waals surface area (Å²) in [6.45, 7) is 1.32. The number of hydrogen-bond donors (Lipinski definition) is 0. The Labute approximate surface area is 143 Å². The molecule has 0 saturated carbocycles. The van der Waals surface area contributed by atoms with Crippen LogP contribution in [0.25, 0.3) is 10.2 Å². The van der Waals surface area contributed by atoms with Crippen molar-refractivity contribution < 1.29 is 9.53 Å². The van der Waals surface area contributed by atoms with Crippen molar-refractivity contribution in [2.24, 2.45) is 0 Å². The zero-order valence-electron chi connectivity index (χ0n) is 13.0. The summed E-state index contributed by atoms with van der Waals surface area (Å²) >= 11 is 1.45. The minimum atomic E-state index is 0.00520. The lowest BCUT2D eigenvalue weighted by Gasteiger charge is -2.31. The molecule has 0 atom stereocenters. The molecule has 0 bridgehead atoms. The van der Waals surface area contributed by atoms with Gasteiger partial charge in [0.1, 0.15) is 6.10 Å². The molecule has 4 rings (SSSR count). The molecular weight excluding hydrogens is 324 g/mol. The van der Waals surface area contributed by atoms with Gasteiger partial charge in [0.15, 0.2) is 5.01 Å². The number of piperidine rings is 1. The van der Waals surface area contributed by atoms with Gasteiger partial charge in [0.25, 0.3) is 5.91 Å². The molecule has 2 aromatic heterocycles. The maximum atomic E-state index is 12.6. The predicted molar refractivity (Wildman–Crippen MR) is 91.2 cm³/mol. The molecule has 1 aliphatic rings. The van der Waals surface area contributed by atoms with E-state index in [2.05, 4.69) is 15.0 Å². The quantitative estimate of drug-likeness (QED) is 0.733. The van der Waals surface area contributed by atoms with E-state index < -0.39 is 0 Å². The van der Waals surface area contributed by atoms with Crippen LogP contribution in [0.1, 0.15) is 22.6 Å². The normalized spacial score (nSPS) is 15.6. The van der Waals surface area contributed by atoms with Crippen LogP contribution in [0.4, 0.5) is 0 Å². The summed E-state index contributed by atoms with van der Waals surface area (Å²) in [6, 6.07) is 9.97. The predicted octanol–water partition coefficient (Wildman–Crippen LogP) is 2.77. The molecule has 1 aliphatic heterocycles. The van der Waals surface area contributed by atoms with E-state index in [1.165, 1.54) is 11.3 Å². The Balaban J connectivity index is 1.39. The van der Waals surface area contributed by atoms with Crippen molar-refractivity contribution in [3.05, 3.63) is 47.7 Å². The van der Waals surface area contributed by atoms with E-state index in [0.29, 0.717) is 24.1 Å². The number of nitrogens with zero attached hydrogens (tertiary/aromatic N) is 4. The van der Waals surface area contributed by atoms with E-state index in [1.807, 2.05) is 29.2 Å². The topological polar surface area (TPSA) is 68.2 Å². The molecule has 1 amide bonds. The van der Waals surface area contributed by atoms with Crippen molar-refractivity contribution >= 4 is 27.5 Å². The first-order valence-electron chi connectivity index (χ1n) is 7.88. The minimum Gasteiger partial charge on any atom is -0.460 e. The smallest absolute Gasteiger partial charge is 0.316 e. The monoisotopic (exact) mass is 340 g/mol. The zero-order chi connectivity index (χ0) is 16.4. The van der Waals surface area contributed by atoms with Gasteiger partial charge >= 0.3 is 6.01 Å². The second kappa shape index (κ2) is 6.52. The molecule has 7 heteroatoms. The molecule has 0 N–H and O–H groups in total. The lowest BCUT2D eigenvalue weighted by molar-refractivity contribution is 0.0578. The van der Waals surface area contributed by atoms with Gasteiger partial charge in [0.05, 0.1) is 10.2 Å². The van der Waals surface area contributed by atoms with Crippen molar-refractivity contribution in [2.45, 2.75) is 18.9 Å². The van der Waals surface area contributed by atoms with Gasteiger partial charge in [0, 0.05) is 38.3 Å². The zero-order valence-corrected chi connectivity index (χ0v) is 13.8. The van der Waals surface area contributed by atoms with Gasteiger partial charge in [-0.25, -0.2) is 15.0 Å². The Kier molecular flexibility index (Phi) is 4.08. The maximum absolute atomic E-state index is 12.6. The van der Waals surface area contributed by atoms with E-state index in [0.717, 1.165) is 23.1 Å². The fourth-order valence-corrected chi connectivity index (χ4v) is 3.70. The van der Waals surface area contributed by atoms with E-state index in [1.54, 1.807) is 18.5 Å². The van der Waals surface area contributed by atoms with Crippen molar-refractivity contribution in [1.82, 2.24) is 19.9 Å². The minimum absolute atomic E-state index is 0.00520. The number of carbonyl (C=O) groups is 1. The molecule has 0 unspecified atom stereocenters. The molecule has 24 heavy (non-hydrogen) atoms. The fraction of sp³-hybridized carbons (Fsp3) is 0.294. The van der Waals surface area contributed by atoms with Crippen molar-refractivity contribution in [3.63, 3.8) is 0 Å². The summed E-state index contributed by atoms with van der Waals surface area (Å²) < 4.78 is 6.81. The van der Waals surface area contributed by atoms with Gasteiger partial charge < -0.3 is 9.64 Å². The van der Waals surface area contributed by atoms with E-state index in [-0.39, 0.29) is 12.0 Å². The van der Waals surface area contributed by atoms with Crippen LogP contribution < -0.4 is 4.74 Å². The molecule has 1 saturated heterocycles. The van der Waals surface area contributed by atoms with E-state index >= 15 is 0 Å². The van der Waals surface area contributed by atoms with E-state index in [4.69, 9.17) is 4.74 Å². The van der Waals surface area contributed by atoms with Crippen molar-refractivity contribution in [1.29, 1.82) is 0 Å². The highest BCUT2D eigenvalue weighted by Crippen LogP contribution is 2.24. The largest absolute Gasteiger partial charge is 0.460 e. The molecular formula is C17H16N4O2S. The summed E-state index contributed by atoms with van der Waals surface area (Å²) in [4.78, 5) is 27.1. The highest BCUT2D eigenvalue weighted by atomic mass is 32.1. The molecule has 122 valence electrons. The first-order valence-corrected chi connectivity index (χ1v) is 8.70. The average Bonchev–Trinajstić information content (AvgIpc) is 3.07. The van der Waals surface area contributed by atoms with Crippen molar-refractivity contribution in [2.75, 3.05) is 13.1 Å². The number of likely N-dealkylation sites (tertiary alicyclic amines) is 1. The maximum Gasteiger partial charge on any atom is 0.316 e. The standard InChI is InChI=1S/C17H16N4O2S/c22-16(15-20-13-4-1-2-5-14(13)24-15)21-10-6-12(7-11-21)23-17-18-8-3-9-19-17/h1-5,8-9,12H,6-7,10-11H2. The third-order valence-electron chi connectivity index (χ3n) is 4.02. The SMILES string of the molecule is O=C(c1nc2ccccc2s1)N1CCC(Oc2ncccn2)CC1. The first-order chi connectivity index (χ1) is 11.8. The molecule has 3 heterocycles. The Morgan fingerprint density at radius 3 is 2.62 bits per heavy atom. The number of carbonyl (C=O) groups excluding carboxylic acids is 1. The number of ether oxygens (including phenoxy) is 1. The lowest BCUT2D eigenvalue weighted by atomic mass is 10.1. The van der Waals surface area contributed by atoms with Crippen LogP contribution in [0, 0.1) is 0 Å². The van der Waals surface area contributed by atoms with Crippen LogP contribution >= 0.6 is 11.3 Å². The number of amides is 1. The third-order valence-corrected chi connectivity index (χ3v) is 5.04. The molecule has 0 spiro atoms. The van der Waals surface area contributed by atoms with Crippen LogP contribution in [0.5, 0.6) is 6.01 Å². The van der Waals surface area contributed by atoms with Crippen LogP contribution in [0.2, 0.25) is 0 Å². The third kappa shape index (κ3) is 3.07.